The number of unbranched alkanes of at least 4 members (excludes halogenated alkanes) is 25. The predicted octanol–water partition coefficient (Wildman–Crippen LogP) is 9.27. The Labute approximate surface area is 434 Å². The van der Waals surface area contributed by atoms with Gasteiger partial charge in [0.2, 0.25) is 0 Å². The molecule has 2 aliphatic rings. The van der Waals surface area contributed by atoms with E-state index in [0.717, 1.165) is 64.2 Å². The average Bonchev–Trinajstić information content (AvgIpc) is 3.37. The lowest BCUT2D eigenvalue weighted by Gasteiger charge is -2.42. The molecule has 11 unspecified atom stereocenters. The Hall–Kier alpha value is -2.28. The van der Waals surface area contributed by atoms with Gasteiger partial charge in [0, 0.05) is 12.8 Å². The molecule has 0 radical (unpaired) electrons. The fourth-order valence-corrected chi connectivity index (χ4v) is 8.89. The molecule has 2 saturated heterocycles. The average molecular weight is 1030 g/mol. The van der Waals surface area contributed by atoms with E-state index in [9.17, 15) is 45.3 Å². The van der Waals surface area contributed by atoms with Crippen LogP contribution >= 0.6 is 0 Å². The molecule has 420 valence electrons. The molecule has 2 rings (SSSR count). The second kappa shape index (κ2) is 43.9. The predicted molar refractivity (Wildman–Crippen MR) is 280 cm³/mol. The monoisotopic (exact) mass is 1030 g/mol. The molecule has 2 fully saturated rings. The number of carbonyl (C=O) groups excluding carboxylic acids is 2. The number of ether oxygens (including phenoxy) is 6. The van der Waals surface area contributed by atoms with Gasteiger partial charge in [-0.05, 0) is 70.6 Å². The first kappa shape index (κ1) is 65.8. The van der Waals surface area contributed by atoms with Gasteiger partial charge < -0.3 is 64.2 Å². The van der Waals surface area contributed by atoms with E-state index in [1.54, 1.807) is 0 Å². The number of hydrogen-bond acceptors (Lipinski definition) is 15. The summed E-state index contributed by atoms with van der Waals surface area (Å²) in [6.07, 6.45) is 31.7. The van der Waals surface area contributed by atoms with Crippen LogP contribution in [0, 0.1) is 0 Å². The molecule has 15 nitrogen and oxygen atoms in total. The fraction of sp³-hybridized carbons (Fsp3) is 0.860. The van der Waals surface area contributed by atoms with Gasteiger partial charge in [-0.2, -0.15) is 0 Å². The topological polar surface area (TPSA) is 231 Å². The Balaban J connectivity index is 1.75. The lowest BCUT2D eigenvalue weighted by atomic mass is 9.98. The zero-order chi connectivity index (χ0) is 52.4. The van der Waals surface area contributed by atoms with E-state index in [1.807, 2.05) is 0 Å². The second-order valence-corrected chi connectivity index (χ2v) is 20.1. The summed E-state index contributed by atoms with van der Waals surface area (Å²) < 4.78 is 33.6. The van der Waals surface area contributed by atoms with Crippen LogP contribution in [-0.2, 0) is 38.0 Å². The van der Waals surface area contributed by atoms with Crippen molar-refractivity contribution in [1.29, 1.82) is 0 Å². The van der Waals surface area contributed by atoms with Crippen LogP contribution in [0.3, 0.4) is 0 Å². The van der Waals surface area contributed by atoms with Gasteiger partial charge in [0.1, 0.15) is 55.4 Å². The standard InChI is InChI=1S/C57H102O15/c1-3-5-7-9-11-13-15-17-19-20-21-22-23-24-26-27-29-31-33-35-37-39-48(59)67-42-45(70-49(60)40-38-36-34-32-30-28-25-18-16-14-12-10-8-6-4-2)43-68-56-55(66)53(64)51(62)47(72-56)44-69-57-54(65)52(63)50(61)46(41-58)71-57/h12,14,18,20-21,25,45-47,50-58,61-66H,3-11,13,15-17,19,22-24,26-44H2,1-2H3/b14-12-,21-20-,25-18-. The van der Waals surface area contributed by atoms with Crippen LogP contribution in [0.25, 0.3) is 0 Å². The molecule has 0 aromatic heterocycles. The maximum atomic E-state index is 13.0. The van der Waals surface area contributed by atoms with Crippen molar-refractivity contribution in [3.05, 3.63) is 36.5 Å². The first-order chi connectivity index (χ1) is 35.0. The number of carbonyl (C=O) groups is 2. The van der Waals surface area contributed by atoms with E-state index >= 15 is 0 Å². The van der Waals surface area contributed by atoms with Crippen LogP contribution in [0.15, 0.2) is 36.5 Å². The third kappa shape index (κ3) is 30.9. The number of hydrogen-bond donors (Lipinski definition) is 7. The summed E-state index contributed by atoms with van der Waals surface area (Å²) in [6, 6.07) is 0. The number of allylic oxidation sites excluding steroid dienone is 6. The molecule has 0 bridgehead atoms. The summed E-state index contributed by atoms with van der Waals surface area (Å²) in [5.74, 6) is -0.938. The molecule has 0 aliphatic carbocycles. The number of rotatable bonds is 45. The molecule has 11 atom stereocenters. The quantitative estimate of drug-likeness (QED) is 0.0171. The Morgan fingerprint density at radius 1 is 0.444 bits per heavy atom. The molecule has 15 heteroatoms. The van der Waals surface area contributed by atoms with Crippen molar-refractivity contribution in [1.82, 2.24) is 0 Å². The molecule has 0 spiro atoms. The van der Waals surface area contributed by atoms with Gasteiger partial charge >= 0.3 is 11.9 Å². The van der Waals surface area contributed by atoms with Crippen molar-refractivity contribution >= 4 is 11.9 Å². The highest BCUT2D eigenvalue weighted by Gasteiger charge is 2.47. The highest BCUT2D eigenvalue weighted by molar-refractivity contribution is 5.70. The fourth-order valence-electron chi connectivity index (χ4n) is 8.89. The van der Waals surface area contributed by atoms with Crippen molar-refractivity contribution in [2.24, 2.45) is 0 Å². The molecule has 0 aromatic carbocycles. The van der Waals surface area contributed by atoms with Crippen molar-refractivity contribution in [2.75, 3.05) is 26.4 Å². The van der Waals surface area contributed by atoms with E-state index in [-0.39, 0.29) is 26.1 Å². The second-order valence-electron chi connectivity index (χ2n) is 20.1. The summed E-state index contributed by atoms with van der Waals surface area (Å²) in [6.45, 7) is 2.57. The molecule has 0 amide bonds. The van der Waals surface area contributed by atoms with Crippen LogP contribution in [0.2, 0.25) is 0 Å². The Morgan fingerprint density at radius 3 is 1.33 bits per heavy atom. The van der Waals surface area contributed by atoms with Crippen LogP contribution in [-0.4, -0.2) is 142 Å². The zero-order valence-corrected chi connectivity index (χ0v) is 44.7. The van der Waals surface area contributed by atoms with Crippen molar-refractivity contribution in [3.8, 4) is 0 Å². The zero-order valence-electron chi connectivity index (χ0n) is 44.7. The maximum absolute atomic E-state index is 13.0. The largest absolute Gasteiger partial charge is 0.462 e. The van der Waals surface area contributed by atoms with Gasteiger partial charge in [0.15, 0.2) is 18.7 Å². The van der Waals surface area contributed by atoms with Gasteiger partial charge in [-0.25, -0.2) is 0 Å². The highest BCUT2D eigenvalue weighted by Crippen LogP contribution is 2.27. The Kier molecular flexibility index (Phi) is 40.1. The van der Waals surface area contributed by atoms with Gasteiger partial charge in [0.25, 0.3) is 0 Å². The van der Waals surface area contributed by atoms with E-state index in [2.05, 4.69) is 50.3 Å². The van der Waals surface area contributed by atoms with Crippen LogP contribution in [0.4, 0.5) is 0 Å². The third-order valence-electron chi connectivity index (χ3n) is 13.6. The van der Waals surface area contributed by atoms with Crippen molar-refractivity contribution in [2.45, 2.75) is 287 Å². The van der Waals surface area contributed by atoms with Gasteiger partial charge in [0.05, 0.1) is 19.8 Å². The molecule has 2 heterocycles. The lowest BCUT2D eigenvalue weighted by Crippen LogP contribution is -2.61. The van der Waals surface area contributed by atoms with Crippen LogP contribution < -0.4 is 0 Å². The van der Waals surface area contributed by atoms with Crippen molar-refractivity contribution in [3.63, 3.8) is 0 Å². The third-order valence-corrected chi connectivity index (χ3v) is 13.6. The first-order valence-electron chi connectivity index (χ1n) is 28.6. The summed E-state index contributed by atoms with van der Waals surface area (Å²) >= 11 is 0. The smallest absolute Gasteiger partial charge is 0.306 e. The lowest BCUT2D eigenvalue weighted by molar-refractivity contribution is -0.332. The SMILES string of the molecule is CCCCC/C=C\C/C=C\CCCCCCCC(=O)OC(COC(=O)CCCCCCCCCCC/C=C\CCCCCCCCCC)COC1OC(COC2OC(CO)C(O)C(O)C2O)C(O)C(O)C1O. The minimum Gasteiger partial charge on any atom is -0.462 e. The molecule has 0 saturated carbocycles. The maximum Gasteiger partial charge on any atom is 0.306 e. The molecule has 7 N–H and O–H groups in total. The number of aliphatic hydroxyl groups is 7. The van der Waals surface area contributed by atoms with E-state index in [1.165, 1.54) is 116 Å². The number of aliphatic hydroxyl groups excluding tert-OH is 7. The van der Waals surface area contributed by atoms with E-state index < -0.39 is 92.7 Å². The van der Waals surface area contributed by atoms with Gasteiger partial charge in [-0.1, -0.05) is 172 Å². The number of esters is 2. The van der Waals surface area contributed by atoms with Crippen molar-refractivity contribution < 1.29 is 73.8 Å². The summed E-state index contributed by atoms with van der Waals surface area (Å²) in [5, 5.41) is 72.2. The minimum absolute atomic E-state index is 0.149. The molecule has 72 heavy (non-hydrogen) atoms. The summed E-state index contributed by atoms with van der Waals surface area (Å²) in [4.78, 5) is 25.9. The summed E-state index contributed by atoms with van der Waals surface area (Å²) in [5.41, 5.74) is 0. The van der Waals surface area contributed by atoms with E-state index in [0.29, 0.717) is 12.8 Å². The highest BCUT2D eigenvalue weighted by atomic mass is 16.7. The van der Waals surface area contributed by atoms with Crippen LogP contribution in [0.5, 0.6) is 0 Å². The summed E-state index contributed by atoms with van der Waals surface area (Å²) in [7, 11) is 0. The molecule has 2 aliphatic heterocycles. The first-order valence-corrected chi connectivity index (χ1v) is 28.6. The molecular weight excluding hydrogens is 925 g/mol. The van der Waals surface area contributed by atoms with Crippen LogP contribution in [0.1, 0.15) is 219 Å². The Morgan fingerprint density at radius 2 is 0.833 bits per heavy atom. The minimum atomic E-state index is -1.77. The Bertz CT molecular complexity index is 1390. The molecular formula is C57H102O15. The van der Waals surface area contributed by atoms with Gasteiger partial charge in [-0.15, -0.1) is 0 Å². The normalized spacial score (nSPS) is 25.2. The van der Waals surface area contributed by atoms with E-state index in [4.69, 9.17) is 28.4 Å². The van der Waals surface area contributed by atoms with Gasteiger partial charge in [-0.3, -0.25) is 9.59 Å². The molecule has 0 aromatic rings.